The second-order valence-electron chi connectivity index (χ2n) is 5.79. The number of tetrazole rings is 1. The third-order valence-electron chi connectivity index (χ3n) is 3.75. The van der Waals surface area contributed by atoms with Gasteiger partial charge in [0.1, 0.15) is 6.61 Å². The van der Waals surface area contributed by atoms with Gasteiger partial charge in [-0.1, -0.05) is 18.2 Å². The second kappa shape index (κ2) is 7.09. The Kier molecular flexibility index (Phi) is 4.88. The lowest BCUT2D eigenvalue weighted by Crippen LogP contribution is -2.47. The van der Waals surface area contributed by atoms with E-state index in [-0.39, 0.29) is 13.2 Å². The molecule has 0 aliphatic carbocycles. The summed E-state index contributed by atoms with van der Waals surface area (Å²) < 4.78 is 33.5. The lowest BCUT2D eigenvalue weighted by atomic mass is 10.3. The number of para-hydroxylation sites is 1. The van der Waals surface area contributed by atoms with E-state index >= 15 is 0 Å². The van der Waals surface area contributed by atoms with E-state index in [0.717, 1.165) is 10.6 Å². The number of amides is 2. The molecule has 2 amide bonds. The van der Waals surface area contributed by atoms with Gasteiger partial charge in [0, 0.05) is 6.54 Å². The van der Waals surface area contributed by atoms with Gasteiger partial charge in [-0.15, -0.1) is 5.10 Å². The summed E-state index contributed by atoms with van der Waals surface area (Å²) >= 11 is 0. The van der Waals surface area contributed by atoms with Gasteiger partial charge in [0.25, 0.3) is 5.92 Å². The quantitative estimate of drug-likeness (QED) is 0.903. The summed E-state index contributed by atoms with van der Waals surface area (Å²) in [6.45, 7) is 0.486. The molecule has 1 aromatic carbocycles. The molecule has 1 aliphatic heterocycles. The zero-order valence-corrected chi connectivity index (χ0v) is 13.6. The fourth-order valence-corrected chi connectivity index (χ4v) is 2.53. The number of ether oxygens (including phenoxy) is 1. The highest BCUT2D eigenvalue weighted by atomic mass is 19.3. The van der Waals surface area contributed by atoms with Gasteiger partial charge in [0.15, 0.2) is 5.82 Å². The first kappa shape index (κ1) is 17.2. The highest BCUT2D eigenvalue weighted by Crippen LogP contribution is 2.19. The van der Waals surface area contributed by atoms with Crippen LogP contribution < -0.4 is 5.32 Å². The Bertz CT molecular complexity index is 724. The number of hydrogen-bond donors (Lipinski definition) is 1. The van der Waals surface area contributed by atoms with Crippen LogP contribution in [-0.2, 0) is 4.74 Å². The lowest BCUT2D eigenvalue weighted by Gasteiger charge is -2.25. The topological polar surface area (TPSA) is 85.2 Å². The van der Waals surface area contributed by atoms with Gasteiger partial charge < -0.3 is 15.0 Å². The maximum atomic E-state index is 13.6. The molecule has 8 nitrogen and oxygen atoms in total. The van der Waals surface area contributed by atoms with Gasteiger partial charge in [-0.25, -0.2) is 13.6 Å². The molecule has 1 unspecified atom stereocenters. The summed E-state index contributed by atoms with van der Waals surface area (Å²) in [5.41, 5.74) is 0.735. The van der Waals surface area contributed by atoms with Crippen LogP contribution >= 0.6 is 0 Å². The van der Waals surface area contributed by atoms with Crippen molar-refractivity contribution < 1.29 is 18.3 Å². The third kappa shape index (κ3) is 4.08. The normalized spacial score (nSPS) is 18.4. The molecule has 2 aromatic rings. The van der Waals surface area contributed by atoms with Crippen LogP contribution in [0.25, 0.3) is 5.69 Å². The molecular formula is C15H18F2N6O2. The fraction of sp³-hybridized carbons (Fsp3) is 0.467. The van der Waals surface area contributed by atoms with Crippen molar-refractivity contribution in [2.45, 2.75) is 18.9 Å². The van der Waals surface area contributed by atoms with Crippen molar-refractivity contribution >= 4 is 6.03 Å². The predicted octanol–water partition coefficient (Wildman–Crippen LogP) is 1.40. The zero-order chi connectivity index (χ0) is 17.9. The Morgan fingerprint density at radius 1 is 1.36 bits per heavy atom. The minimum absolute atomic E-state index is 0.0686. The van der Waals surface area contributed by atoms with Crippen LogP contribution in [0.1, 0.15) is 18.8 Å². The third-order valence-corrected chi connectivity index (χ3v) is 3.75. The number of carbonyl (C=O) groups excluding carboxylic acids is 1. The number of benzene rings is 1. The fourth-order valence-electron chi connectivity index (χ4n) is 2.53. The van der Waals surface area contributed by atoms with Crippen LogP contribution in [0.4, 0.5) is 13.6 Å². The maximum absolute atomic E-state index is 13.6. The molecule has 1 atom stereocenters. The number of rotatable bonds is 3. The van der Waals surface area contributed by atoms with Crippen molar-refractivity contribution in [2.24, 2.45) is 0 Å². The first-order valence-corrected chi connectivity index (χ1v) is 7.81. The summed E-state index contributed by atoms with van der Waals surface area (Å²) in [7, 11) is 0. The number of carbonyl (C=O) groups is 1. The summed E-state index contributed by atoms with van der Waals surface area (Å²) in [5.74, 6) is -2.67. The Hall–Kier alpha value is -2.62. The highest BCUT2D eigenvalue weighted by molar-refractivity contribution is 5.74. The molecule has 25 heavy (non-hydrogen) atoms. The summed E-state index contributed by atoms with van der Waals surface area (Å²) in [5, 5.41) is 14.1. The first-order valence-electron chi connectivity index (χ1n) is 7.81. The predicted molar refractivity (Wildman–Crippen MR) is 83.4 cm³/mol. The van der Waals surface area contributed by atoms with Gasteiger partial charge >= 0.3 is 6.03 Å². The van der Waals surface area contributed by atoms with E-state index in [9.17, 15) is 13.6 Å². The molecule has 1 N–H and O–H groups in total. The molecule has 1 aromatic heterocycles. The van der Waals surface area contributed by atoms with E-state index in [1.165, 1.54) is 4.68 Å². The van der Waals surface area contributed by atoms with E-state index in [0.29, 0.717) is 5.82 Å². The average Bonchev–Trinajstić information content (AvgIpc) is 3.00. The van der Waals surface area contributed by atoms with Crippen LogP contribution in [0.15, 0.2) is 30.3 Å². The molecule has 134 valence electrons. The van der Waals surface area contributed by atoms with Crippen LogP contribution in [0.3, 0.4) is 0 Å². The van der Waals surface area contributed by atoms with Crippen molar-refractivity contribution in [3.8, 4) is 5.69 Å². The van der Waals surface area contributed by atoms with Crippen molar-refractivity contribution in [2.75, 3.05) is 26.3 Å². The van der Waals surface area contributed by atoms with Gasteiger partial charge in [-0.3, -0.25) is 0 Å². The highest BCUT2D eigenvalue weighted by Gasteiger charge is 2.36. The Balaban J connectivity index is 1.71. The number of aromatic nitrogens is 4. The van der Waals surface area contributed by atoms with Crippen LogP contribution in [0.5, 0.6) is 0 Å². The van der Waals surface area contributed by atoms with E-state index < -0.39 is 31.1 Å². The lowest BCUT2D eigenvalue weighted by molar-refractivity contribution is -0.0652. The standard InChI is InChI=1S/C15H18F2N6O2/c1-11(13-19-20-21-23(13)12-5-3-2-4-6-12)18-14(24)22-7-8-25-10-15(16,17)9-22/h2-6,11H,7-10H2,1H3,(H,18,24). The summed E-state index contributed by atoms with van der Waals surface area (Å²) in [6, 6.07) is 8.00. The molecule has 10 heteroatoms. The van der Waals surface area contributed by atoms with Gasteiger partial charge in [-0.2, -0.15) is 4.68 Å². The van der Waals surface area contributed by atoms with Crippen molar-refractivity contribution in [1.82, 2.24) is 30.4 Å². The Morgan fingerprint density at radius 3 is 2.88 bits per heavy atom. The van der Waals surface area contributed by atoms with E-state index in [1.807, 2.05) is 30.3 Å². The molecule has 1 saturated heterocycles. The van der Waals surface area contributed by atoms with Crippen LogP contribution in [-0.4, -0.2) is 63.4 Å². The SMILES string of the molecule is CC(NC(=O)N1CCOCC(F)(F)C1)c1nnnn1-c1ccccc1. The first-order chi connectivity index (χ1) is 12.0. The van der Waals surface area contributed by atoms with Gasteiger partial charge in [-0.05, 0) is 29.5 Å². The average molecular weight is 352 g/mol. The molecule has 0 bridgehead atoms. The number of halogens is 2. The van der Waals surface area contributed by atoms with Crippen molar-refractivity contribution in [1.29, 1.82) is 0 Å². The van der Waals surface area contributed by atoms with Crippen LogP contribution in [0, 0.1) is 0 Å². The molecule has 1 fully saturated rings. The Labute approximate surface area is 142 Å². The minimum Gasteiger partial charge on any atom is -0.373 e. The number of urea groups is 1. The minimum atomic E-state index is -3.07. The zero-order valence-electron chi connectivity index (χ0n) is 13.6. The number of hydrogen-bond acceptors (Lipinski definition) is 5. The van der Waals surface area contributed by atoms with E-state index in [2.05, 4.69) is 20.8 Å². The van der Waals surface area contributed by atoms with Gasteiger partial charge in [0.05, 0.1) is 24.9 Å². The Morgan fingerprint density at radius 2 is 2.12 bits per heavy atom. The largest absolute Gasteiger partial charge is 0.373 e. The monoisotopic (exact) mass is 352 g/mol. The molecular weight excluding hydrogens is 334 g/mol. The van der Waals surface area contributed by atoms with E-state index in [1.54, 1.807) is 6.92 Å². The second-order valence-corrected chi connectivity index (χ2v) is 5.79. The van der Waals surface area contributed by atoms with Crippen molar-refractivity contribution in [3.63, 3.8) is 0 Å². The van der Waals surface area contributed by atoms with E-state index in [4.69, 9.17) is 4.74 Å². The number of alkyl halides is 2. The van der Waals surface area contributed by atoms with Crippen LogP contribution in [0.2, 0.25) is 0 Å². The molecule has 0 spiro atoms. The molecule has 3 rings (SSSR count). The molecule has 1 aliphatic rings. The summed E-state index contributed by atoms with van der Waals surface area (Å²) in [6.07, 6.45) is 0. The maximum Gasteiger partial charge on any atom is 0.318 e. The number of nitrogens with zero attached hydrogens (tertiary/aromatic N) is 5. The number of nitrogens with one attached hydrogen (secondary N) is 1. The molecule has 0 radical (unpaired) electrons. The summed E-state index contributed by atoms with van der Waals surface area (Å²) in [4.78, 5) is 13.4. The molecule has 2 heterocycles. The van der Waals surface area contributed by atoms with Gasteiger partial charge in [0.2, 0.25) is 0 Å². The smallest absolute Gasteiger partial charge is 0.318 e. The molecule has 0 saturated carbocycles. The van der Waals surface area contributed by atoms with Crippen molar-refractivity contribution in [3.05, 3.63) is 36.2 Å².